The largest absolute Gasteiger partial charge is 0.481 e. The van der Waals surface area contributed by atoms with Crippen molar-refractivity contribution >= 4 is 5.97 Å². The molecule has 14 heavy (non-hydrogen) atoms. The first-order valence-corrected chi connectivity index (χ1v) is 4.83. The Morgan fingerprint density at radius 2 is 2.29 bits per heavy atom. The van der Waals surface area contributed by atoms with E-state index in [0.29, 0.717) is 19.5 Å². The van der Waals surface area contributed by atoms with E-state index in [0.717, 1.165) is 13.0 Å². The zero-order valence-electron chi connectivity index (χ0n) is 7.96. The van der Waals surface area contributed by atoms with Crippen molar-refractivity contribution in [3.63, 3.8) is 0 Å². The minimum absolute atomic E-state index is 0.160. The summed E-state index contributed by atoms with van der Waals surface area (Å²) in [5, 5.41) is 8.76. The zero-order valence-corrected chi connectivity index (χ0v) is 7.96. The van der Waals surface area contributed by atoms with Crippen LogP contribution in [0.3, 0.4) is 0 Å². The van der Waals surface area contributed by atoms with Crippen molar-refractivity contribution in [3.05, 3.63) is 0 Å². The molecule has 0 aromatic rings. The Hall–Kier alpha value is -0.710. The van der Waals surface area contributed by atoms with Gasteiger partial charge in [0.15, 0.2) is 0 Å². The average Bonchev–Trinajstić information content (AvgIpc) is 2.15. The van der Waals surface area contributed by atoms with Crippen LogP contribution in [0.1, 0.15) is 19.3 Å². The molecule has 3 nitrogen and oxygen atoms in total. The van der Waals surface area contributed by atoms with Crippen molar-refractivity contribution in [3.8, 4) is 0 Å². The van der Waals surface area contributed by atoms with Gasteiger partial charge in [0, 0.05) is 19.5 Å². The molecule has 1 aliphatic heterocycles. The van der Waals surface area contributed by atoms with Crippen LogP contribution in [0.25, 0.3) is 0 Å². The van der Waals surface area contributed by atoms with Crippen LogP contribution in [0.15, 0.2) is 0 Å². The maximum Gasteiger partial charge on any atom is 0.307 e. The molecule has 1 N–H and O–H groups in total. The van der Waals surface area contributed by atoms with Crippen LogP contribution in [-0.2, 0) is 4.79 Å². The SMILES string of the molecule is O=C(O)C1CCCN(CCC(F)F)C1. The summed E-state index contributed by atoms with van der Waals surface area (Å²) < 4.78 is 23.8. The standard InChI is InChI=1S/C9H15F2NO2/c10-8(11)3-5-12-4-1-2-7(6-12)9(13)14/h7-8H,1-6H2,(H,13,14). The Labute approximate surface area is 81.7 Å². The number of carbonyl (C=O) groups is 1. The molecule has 0 aromatic heterocycles. The van der Waals surface area contributed by atoms with Crippen molar-refractivity contribution < 1.29 is 18.7 Å². The number of piperidine rings is 1. The number of carboxylic acids is 1. The second kappa shape index (κ2) is 5.24. The Morgan fingerprint density at radius 1 is 1.57 bits per heavy atom. The maximum atomic E-state index is 11.9. The quantitative estimate of drug-likeness (QED) is 0.758. The second-order valence-corrected chi connectivity index (χ2v) is 3.66. The van der Waals surface area contributed by atoms with Gasteiger partial charge >= 0.3 is 5.97 Å². The van der Waals surface area contributed by atoms with E-state index in [9.17, 15) is 13.6 Å². The number of alkyl halides is 2. The van der Waals surface area contributed by atoms with Crippen LogP contribution in [0.2, 0.25) is 0 Å². The first-order chi connectivity index (χ1) is 6.59. The molecule has 0 aromatic carbocycles. The molecule has 1 heterocycles. The van der Waals surface area contributed by atoms with E-state index in [1.807, 2.05) is 4.90 Å². The third-order valence-corrected chi connectivity index (χ3v) is 2.52. The van der Waals surface area contributed by atoms with E-state index >= 15 is 0 Å². The van der Waals surface area contributed by atoms with Crippen molar-refractivity contribution in [2.45, 2.75) is 25.7 Å². The number of hydrogen-bond donors (Lipinski definition) is 1. The lowest BCUT2D eigenvalue weighted by Gasteiger charge is -2.30. The number of aliphatic carboxylic acids is 1. The van der Waals surface area contributed by atoms with Gasteiger partial charge in [0.2, 0.25) is 6.43 Å². The van der Waals surface area contributed by atoms with Gasteiger partial charge in [0.25, 0.3) is 0 Å². The van der Waals surface area contributed by atoms with Gasteiger partial charge in [-0.1, -0.05) is 0 Å². The molecule has 0 aliphatic carbocycles. The van der Waals surface area contributed by atoms with Gasteiger partial charge in [-0.2, -0.15) is 0 Å². The van der Waals surface area contributed by atoms with Gasteiger partial charge in [-0.15, -0.1) is 0 Å². The fourth-order valence-electron chi connectivity index (χ4n) is 1.74. The summed E-state index contributed by atoms with van der Waals surface area (Å²) in [6.45, 7) is 1.47. The zero-order chi connectivity index (χ0) is 10.6. The molecule has 0 radical (unpaired) electrons. The summed E-state index contributed by atoms with van der Waals surface area (Å²) in [7, 11) is 0. The van der Waals surface area contributed by atoms with E-state index in [1.54, 1.807) is 0 Å². The second-order valence-electron chi connectivity index (χ2n) is 3.66. The van der Waals surface area contributed by atoms with Gasteiger partial charge in [-0.25, -0.2) is 8.78 Å². The molecular formula is C9H15F2NO2. The summed E-state index contributed by atoms with van der Waals surface area (Å²) in [5.41, 5.74) is 0. The first kappa shape index (κ1) is 11.4. The predicted molar refractivity (Wildman–Crippen MR) is 47.4 cm³/mol. The summed E-state index contributed by atoms with van der Waals surface area (Å²) in [6, 6.07) is 0. The minimum atomic E-state index is -2.29. The summed E-state index contributed by atoms with van der Waals surface area (Å²) in [5.74, 6) is -1.19. The molecule has 0 spiro atoms. The van der Waals surface area contributed by atoms with Gasteiger partial charge in [-0.3, -0.25) is 4.79 Å². The lowest BCUT2D eigenvalue weighted by atomic mass is 9.98. The molecule has 1 atom stereocenters. The molecule has 5 heteroatoms. The highest BCUT2D eigenvalue weighted by Gasteiger charge is 2.25. The van der Waals surface area contributed by atoms with Crippen molar-refractivity contribution in [1.29, 1.82) is 0 Å². The van der Waals surface area contributed by atoms with Crippen LogP contribution >= 0.6 is 0 Å². The number of hydrogen-bond acceptors (Lipinski definition) is 2. The highest BCUT2D eigenvalue weighted by Crippen LogP contribution is 2.17. The molecule has 0 saturated carbocycles. The summed E-state index contributed by atoms with van der Waals surface area (Å²) >= 11 is 0. The Balaban J connectivity index is 2.29. The Kier molecular flexibility index (Phi) is 4.25. The van der Waals surface area contributed by atoms with E-state index in [4.69, 9.17) is 5.11 Å². The van der Waals surface area contributed by atoms with Gasteiger partial charge in [0.1, 0.15) is 0 Å². The van der Waals surface area contributed by atoms with Gasteiger partial charge in [-0.05, 0) is 19.4 Å². The fraction of sp³-hybridized carbons (Fsp3) is 0.889. The van der Waals surface area contributed by atoms with Gasteiger partial charge in [0.05, 0.1) is 5.92 Å². The maximum absolute atomic E-state index is 11.9. The van der Waals surface area contributed by atoms with Crippen molar-refractivity contribution in [2.24, 2.45) is 5.92 Å². The normalized spacial score (nSPS) is 24.1. The molecule has 0 amide bonds. The van der Waals surface area contributed by atoms with Crippen LogP contribution in [-0.4, -0.2) is 42.0 Å². The lowest BCUT2D eigenvalue weighted by molar-refractivity contribution is -0.143. The van der Waals surface area contributed by atoms with E-state index < -0.39 is 12.4 Å². The number of rotatable bonds is 4. The Morgan fingerprint density at radius 3 is 2.86 bits per heavy atom. The lowest BCUT2D eigenvalue weighted by Crippen LogP contribution is -2.39. The minimum Gasteiger partial charge on any atom is -0.481 e. The van der Waals surface area contributed by atoms with Crippen LogP contribution < -0.4 is 0 Å². The van der Waals surface area contributed by atoms with Crippen LogP contribution in [0.5, 0.6) is 0 Å². The number of halogens is 2. The predicted octanol–water partition coefficient (Wildman–Crippen LogP) is 1.44. The van der Waals surface area contributed by atoms with E-state index in [-0.39, 0.29) is 12.3 Å². The molecule has 1 fully saturated rings. The third kappa shape index (κ3) is 3.57. The first-order valence-electron chi connectivity index (χ1n) is 4.83. The third-order valence-electron chi connectivity index (χ3n) is 2.52. The average molecular weight is 207 g/mol. The van der Waals surface area contributed by atoms with Crippen molar-refractivity contribution in [2.75, 3.05) is 19.6 Å². The van der Waals surface area contributed by atoms with E-state index in [2.05, 4.69) is 0 Å². The summed E-state index contributed by atoms with van der Waals surface area (Å²) in [6.07, 6.45) is -0.993. The van der Waals surface area contributed by atoms with Crippen LogP contribution in [0.4, 0.5) is 8.78 Å². The molecule has 1 rings (SSSR count). The number of carboxylic acid groups (broad SMARTS) is 1. The molecule has 1 aliphatic rings. The fourth-order valence-corrected chi connectivity index (χ4v) is 1.74. The number of nitrogens with zero attached hydrogens (tertiary/aromatic N) is 1. The van der Waals surface area contributed by atoms with E-state index in [1.165, 1.54) is 0 Å². The molecule has 1 unspecified atom stereocenters. The summed E-state index contributed by atoms with van der Waals surface area (Å²) in [4.78, 5) is 12.5. The Bertz CT molecular complexity index is 199. The molecule has 0 bridgehead atoms. The highest BCUT2D eigenvalue weighted by atomic mass is 19.3. The molecular weight excluding hydrogens is 192 g/mol. The van der Waals surface area contributed by atoms with Crippen LogP contribution in [0, 0.1) is 5.92 Å². The topological polar surface area (TPSA) is 40.5 Å². The molecule has 1 saturated heterocycles. The molecule has 82 valence electrons. The van der Waals surface area contributed by atoms with Gasteiger partial charge < -0.3 is 10.0 Å². The monoisotopic (exact) mass is 207 g/mol. The smallest absolute Gasteiger partial charge is 0.307 e. The highest BCUT2D eigenvalue weighted by molar-refractivity contribution is 5.70. The number of likely N-dealkylation sites (tertiary alicyclic amines) is 1. The van der Waals surface area contributed by atoms with Crippen molar-refractivity contribution in [1.82, 2.24) is 4.90 Å².